The number of aromatic amines is 1. The Kier molecular flexibility index (Phi) is 4.71. The van der Waals surface area contributed by atoms with Crippen LogP contribution in [0, 0.1) is 0 Å². The summed E-state index contributed by atoms with van der Waals surface area (Å²) in [5, 5.41) is 0. The molecule has 1 saturated heterocycles. The second kappa shape index (κ2) is 7.30. The standard InChI is InChI=1S/C21H23N3O2/c1-26-14-15-8-10-16(11-9-15)21(25)24-12-4-5-17(13-24)20-22-18-6-2-3-7-19(18)23-20/h2-3,6-11,17H,4-5,12-14H2,1H3,(H,22,23). The monoisotopic (exact) mass is 349 g/mol. The molecule has 0 radical (unpaired) electrons. The number of ether oxygens (including phenoxy) is 1. The largest absolute Gasteiger partial charge is 0.380 e. The topological polar surface area (TPSA) is 58.2 Å². The summed E-state index contributed by atoms with van der Waals surface area (Å²) in [5.74, 6) is 1.33. The molecule has 5 heteroatoms. The van der Waals surface area contributed by atoms with Crippen LogP contribution in [-0.4, -0.2) is 41.0 Å². The average Bonchev–Trinajstić information content (AvgIpc) is 3.13. The average molecular weight is 349 g/mol. The number of carbonyl (C=O) groups excluding carboxylic acids is 1. The first-order chi connectivity index (χ1) is 12.7. The summed E-state index contributed by atoms with van der Waals surface area (Å²) in [6.45, 7) is 2.07. The van der Waals surface area contributed by atoms with Crippen LogP contribution >= 0.6 is 0 Å². The number of para-hydroxylation sites is 2. The van der Waals surface area contributed by atoms with Gasteiger partial charge in [-0.25, -0.2) is 4.98 Å². The number of likely N-dealkylation sites (tertiary alicyclic amines) is 1. The Morgan fingerprint density at radius 1 is 1.23 bits per heavy atom. The van der Waals surface area contributed by atoms with E-state index >= 15 is 0 Å². The molecular weight excluding hydrogens is 326 g/mol. The maximum Gasteiger partial charge on any atom is 0.253 e. The van der Waals surface area contributed by atoms with Crippen molar-refractivity contribution in [3.63, 3.8) is 0 Å². The van der Waals surface area contributed by atoms with Crippen molar-refractivity contribution >= 4 is 16.9 Å². The second-order valence-electron chi connectivity index (χ2n) is 6.86. The number of carbonyl (C=O) groups is 1. The minimum atomic E-state index is 0.0924. The molecule has 1 amide bonds. The zero-order valence-electron chi connectivity index (χ0n) is 14.9. The van der Waals surface area contributed by atoms with Crippen LogP contribution in [0.25, 0.3) is 11.0 Å². The smallest absolute Gasteiger partial charge is 0.253 e. The molecule has 0 aliphatic carbocycles. The maximum absolute atomic E-state index is 12.9. The van der Waals surface area contributed by atoms with Crippen LogP contribution in [0.2, 0.25) is 0 Å². The van der Waals surface area contributed by atoms with Gasteiger partial charge in [-0.15, -0.1) is 0 Å². The van der Waals surface area contributed by atoms with Gasteiger partial charge in [-0.05, 0) is 42.7 Å². The van der Waals surface area contributed by atoms with Gasteiger partial charge in [0.25, 0.3) is 5.91 Å². The first-order valence-corrected chi connectivity index (χ1v) is 9.06. The fourth-order valence-corrected chi connectivity index (χ4v) is 3.64. The summed E-state index contributed by atoms with van der Waals surface area (Å²) >= 11 is 0. The summed E-state index contributed by atoms with van der Waals surface area (Å²) in [5.41, 5.74) is 3.84. The summed E-state index contributed by atoms with van der Waals surface area (Å²) in [6, 6.07) is 15.8. The van der Waals surface area contributed by atoms with Crippen LogP contribution in [0.4, 0.5) is 0 Å². The Morgan fingerprint density at radius 2 is 2.04 bits per heavy atom. The molecule has 1 aliphatic heterocycles. The molecule has 2 heterocycles. The number of piperidine rings is 1. The molecule has 3 aromatic rings. The highest BCUT2D eigenvalue weighted by Crippen LogP contribution is 2.27. The number of benzene rings is 2. The van der Waals surface area contributed by atoms with Gasteiger partial charge in [0.15, 0.2) is 0 Å². The van der Waals surface area contributed by atoms with Crippen molar-refractivity contribution in [3.05, 3.63) is 65.5 Å². The van der Waals surface area contributed by atoms with Crippen molar-refractivity contribution in [3.8, 4) is 0 Å². The fraction of sp³-hybridized carbons (Fsp3) is 0.333. The Bertz CT molecular complexity index is 868. The summed E-state index contributed by atoms with van der Waals surface area (Å²) in [6.07, 6.45) is 2.05. The van der Waals surface area contributed by atoms with E-state index in [0.29, 0.717) is 13.2 Å². The molecule has 1 unspecified atom stereocenters. The zero-order chi connectivity index (χ0) is 17.9. The van der Waals surface area contributed by atoms with E-state index in [1.54, 1.807) is 7.11 Å². The van der Waals surface area contributed by atoms with E-state index in [-0.39, 0.29) is 11.8 Å². The molecule has 1 atom stereocenters. The Balaban J connectivity index is 1.49. The van der Waals surface area contributed by atoms with Crippen LogP contribution in [-0.2, 0) is 11.3 Å². The van der Waals surface area contributed by atoms with Crippen molar-refractivity contribution in [1.29, 1.82) is 0 Å². The van der Waals surface area contributed by atoms with Crippen LogP contribution in [0.15, 0.2) is 48.5 Å². The molecule has 0 spiro atoms. The van der Waals surface area contributed by atoms with Crippen LogP contribution in [0.3, 0.4) is 0 Å². The number of hydrogen-bond acceptors (Lipinski definition) is 3. The van der Waals surface area contributed by atoms with Crippen molar-refractivity contribution in [1.82, 2.24) is 14.9 Å². The number of nitrogens with zero attached hydrogens (tertiary/aromatic N) is 2. The number of rotatable bonds is 4. The Labute approximate surface area is 153 Å². The molecule has 1 fully saturated rings. The first-order valence-electron chi connectivity index (χ1n) is 9.06. The molecule has 1 aliphatic rings. The van der Waals surface area contributed by atoms with Crippen LogP contribution in [0.5, 0.6) is 0 Å². The molecule has 5 nitrogen and oxygen atoms in total. The Hall–Kier alpha value is -2.66. The quantitative estimate of drug-likeness (QED) is 0.781. The predicted octanol–water partition coefficient (Wildman–Crippen LogP) is 3.73. The third-order valence-corrected chi connectivity index (χ3v) is 5.01. The van der Waals surface area contributed by atoms with E-state index in [1.807, 2.05) is 53.4 Å². The number of nitrogens with one attached hydrogen (secondary N) is 1. The van der Waals surface area contributed by atoms with Crippen molar-refractivity contribution in [2.24, 2.45) is 0 Å². The van der Waals surface area contributed by atoms with Gasteiger partial charge in [0, 0.05) is 31.7 Å². The van der Waals surface area contributed by atoms with Crippen LogP contribution in [0.1, 0.15) is 40.5 Å². The summed E-state index contributed by atoms with van der Waals surface area (Å²) in [7, 11) is 1.67. The molecule has 0 saturated carbocycles. The van der Waals surface area contributed by atoms with Crippen molar-refractivity contribution in [2.75, 3.05) is 20.2 Å². The number of fused-ring (bicyclic) bond motifs is 1. The molecule has 1 N–H and O–H groups in total. The number of imidazole rings is 1. The zero-order valence-corrected chi connectivity index (χ0v) is 14.9. The normalized spacial score (nSPS) is 17.6. The minimum Gasteiger partial charge on any atom is -0.380 e. The van der Waals surface area contributed by atoms with E-state index in [0.717, 1.165) is 47.4 Å². The maximum atomic E-state index is 12.9. The third kappa shape index (κ3) is 3.35. The van der Waals surface area contributed by atoms with E-state index < -0.39 is 0 Å². The SMILES string of the molecule is COCc1ccc(C(=O)N2CCCC(c3nc4ccccc4[nH]3)C2)cc1. The lowest BCUT2D eigenvalue weighted by molar-refractivity contribution is 0.0705. The van der Waals surface area contributed by atoms with Gasteiger partial charge in [-0.2, -0.15) is 0 Å². The Morgan fingerprint density at radius 3 is 2.81 bits per heavy atom. The van der Waals surface area contributed by atoms with Gasteiger partial charge in [0.2, 0.25) is 0 Å². The van der Waals surface area contributed by atoms with E-state index in [9.17, 15) is 4.79 Å². The lowest BCUT2D eigenvalue weighted by Gasteiger charge is -2.32. The highest BCUT2D eigenvalue weighted by Gasteiger charge is 2.27. The summed E-state index contributed by atoms with van der Waals surface area (Å²) < 4.78 is 5.13. The molecule has 4 rings (SSSR count). The van der Waals surface area contributed by atoms with E-state index in [4.69, 9.17) is 9.72 Å². The highest BCUT2D eigenvalue weighted by molar-refractivity contribution is 5.94. The second-order valence-corrected chi connectivity index (χ2v) is 6.86. The number of aromatic nitrogens is 2. The van der Waals surface area contributed by atoms with Crippen LogP contribution < -0.4 is 0 Å². The molecular formula is C21H23N3O2. The van der Waals surface area contributed by atoms with E-state index in [2.05, 4.69) is 4.98 Å². The van der Waals surface area contributed by atoms with Gasteiger partial charge in [-0.3, -0.25) is 4.79 Å². The first kappa shape index (κ1) is 16.8. The third-order valence-electron chi connectivity index (χ3n) is 5.01. The molecule has 134 valence electrons. The molecule has 1 aromatic heterocycles. The summed E-state index contributed by atoms with van der Waals surface area (Å²) in [4.78, 5) is 23.0. The predicted molar refractivity (Wildman–Crippen MR) is 101 cm³/mol. The number of H-pyrrole nitrogens is 1. The fourth-order valence-electron chi connectivity index (χ4n) is 3.64. The van der Waals surface area contributed by atoms with Gasteiger partial charge in [-0.1, -0.05) is 24.3 Å². The number of hydrogen-bond donors (Lipinski definition) is 1. The highest BCUT2D eigenvalue weighted by atomic mass is 16.5. The van der Waals surface area contributed by atoms with Crippen molar-refractivity contribution < 1.29 is 9.53 Å². The lowest BCUT2D eigenvalue weighted by atomic mass is 9.96. The van der Waals surface area contributed by atoms with Gasteiger partial charge < -0.3 is 14.6 Å². The molecule has 2 aromatic carbocycles. The lowest BCUT2D eigenvalue weighted by Crippen LogP contribution is -2.39. The number of methoxy groups -OCH3 is 1. The van der Waals surface area contributed by atoms with Gasteiger partial charge >= 0.3 is 0 Å². The van der Waals surface area contributed by atoms with Crippen molar-refractivity contribution in [2.45, 2.75) is 25.4 Å². The molecule has 26 heavy (non-hydrogen) atoms. The van der Waals surface area contributed by atoms with Gasteiger partial charge in [0.05, 0.1) is 17.6 Å². The minimum absolute atomic E-state index is 0.0924. The molecule has 0 bridgehead atoms. The number of amides is 1. The van der Waals surface area contributed by atoms with E-state index in [1.165, 1.54) is 0 Å². The van der Waals surface area contributed by atoms with Gasteiger partial charge in [0.1, 0.15) is 5.82 Å².